The lowest BCUT2D eigenvalue weighted by Crippen LogP contribution is -2.64. The molecule has 2 aliphatic rings. The van der Waals surface area contributed by atoms with Crippen LogP contribution in [0.25, 0.3) is 0 Å². The average Bonchev–Trinajstić information content (AvgIpc) is 3.14. The minimum absolute atomic E-state index is 0.335. The summed E-state index contributed by atoms with van der Waals surface area (Å²) in [7, 11) is 1.54. The Hall–Kier alpha value is -3.04. The summed E-state index contributed by atoms with van der Waals surface area (Å²) in [5, 5.41) is 4.49. The maximum absolute atomic E-state index is 13.1. The molecule has 1 aromatic heterocycles. The number of nitrogens with zero attached hydrogens (tertiary/aromatic N) is 6. The number of carbonyl (C=O) groups is 3. The number of urea groups is 1. The van der Waals surface area contributed by atoms with E-state index in [1.807, 2.05) is 24.5 Å². The minimum atomic E-state index is -0.792. The van der Waals surface area contributed by atoms with E-state index in [4.69, 9.17) is 5.73 Å². The second kappa shape index (κ2) is 7.17. The number of aliphatic imine (C=N–C) groups is 1. The summed E-state index contributed by atoms with van der Waals surface area (Å²) in [6, 6.07) is 0.517. The van der Waals surface area contributed by atoms with Gasteiger partial charge in [0.05, 0.1) is 12.2 Å². The number of imide groups is 1. The fraction of sp³-hybridized carbons (Fsp3) is 0.556. The van der Waals surface area contributed by atoms with Gasteiger partial charge < -0.3 is 5.73 Å². The van der Waals surface area contributed by atoms with Crippen LogP contribution >= 0.6 is 0 Å². The first-order chi connectivity index (χ1) is 13.1. The van der Waals surface area contributed by atoms with Gasteiger partial charge in [0.25, 0.3) is 5.91 Å². The number of likely N-dealkylation sites (N-methyl/N-ethyl adjacent to an activating group) is 1. The smallest absolute Gasteiger partial charge is 0.368 e. The van der Waals surface area contributed by atoms with E-state index in [9.17, 15) is 14.4 Å². The number of rotatable bonds is 5. The standard InChI is InChI=1S/C18H25N7O3/c1-10(2)6-7-23-14-15(20-17(23)25-12(4)8-11(3)21-25)22(5)18(28)24(16(14)27)9-13(19)26/h8,10,14H,6-7,9H2,1-5H3,(H-,19,26)/p+1. The van der Waals surface area contributed by atoms with E-state index in [0.717, 1.165) is 22.7 Å². The highest BCUT2D eigenvalue weighted by atomic mass is 16.2. The molecule has 1 saturated heterocycles. The van der Waals surface area contributed by atoms with Crippen molar-refractivity contribution in [1.29, 1.82) is 0 Å². The highest BCUT2D eigenvalue weighted by Gasteiger charge is 2.53. The molecule has 2 N–H and O–H groups in total. The lowest BCUT2D eigenvalue weighted by Gasteiger charge is -2.33. The van der Waals surface area contributed by atoms with Crippen molar-refractivity contribution in [3.63, 3.8) is 0 Å². The molecule has 3 heterocycles. The molecule has 0 saturated carbocycles. The van der Waals surface area contributed by atoms with Crippen molar-refractivity contribution < 1.29 is 19.0 Å². The zero-order chi connectivity index (χ0) is 20.7. The number of amidine groups is 1. The van der Waals surface area contributed by atoms with E-state index < -0.39 is 30.4 Å². The van der Waals surface area contributed by atoms with Crippen molar-refractivity contribution >= 4 is 29.6 Å². The molecule has 1 atom stereocenters. The number of carbonyl (C=O) groups excluding carboxylic acids is 3. The molecule has 150 valence electrons. The summed E-state index contributed by atoms with van der Waals surface area (Å²) in [6.45, 7) is 8.08. The number of hydrogen-bond donors (Lipinski definition) is 1. The van der Waals surface area contributed by atoms with Crippen molar-refractivity contribution in [1.82, 2.24) is 19.6 Å². The van der Waals surface area contributed by atoms with Crippen molar-refractivity contribution in [2.45, 2.75) is 40.2 Å². The molecule has 3 rings (SSSR count). The van der Waals surface area contributed by atoms with Crippen LogP contribution in [0.3, 0.4) is 0 Å². The molecule has 0 spiro atoms. The largest absolute Gasteiger partial charge is 0.421 e. The molecular formula is C18H26N7O3+. The molecule has 1 fully saturated rings. The third-order valence-electron chi connectivity index (χ3n) is 4.85. The highest BCUT2D eigenvalue weighted by Crippen LogP contribution is 2.21. The Kier molecular flexibility index (Phi) is 5.05. The van der Waals surface area contributed by atoms with Gasteiger partial charge in [0, 0.05) is 7.05 Å². The van der Waals surface area contributed by atoms with E-state index >= 15 is 0 Å². The minimum Gasteiger partial charge on any atom is -0.368 e. The van der Waals surface area contributed by atoms with Crippen LogP contribution in [0.5, 0.6) is 0 Å². The first-order valence-electron chi connectivity index (χ1n) is 9.25. The molecule has 2 aliphatic heterocycles. The van der Waals surface area contributed by atoms with Crippen molar-refractivity contribution in [2.75, 3.05) is 20.1 Å². The fourth-order valence-electron chi connectivity index (χ4n) is 3.43. The Balaban J connectivity index is 2.11. The number of hydrogen-bond acceptors (Lipinski definition) is 5. The Bertz CT molecular complexity index is 912. The molecule has 0 aliphatic carbocycles. The van der Waals surface area contributed by atoms with Crippen LogP contribution in [-0.4, -0.2) is 80.0 Å². The van der Waals surface area contributed by atoms with E-state index in [0.29, 0.717) is 24.3 Å². The van der Waals surface area contributed by atoms with Crippen molar-refractivity contribution in [2.24, 2.45) is 16.6 Å². The summed E-state index contributed by atoms with van der Waals surface area (Å²) >= 11 is 0. The molecule has 10 heteroatoms. The maximum atomic E-state index is 13.1. The van der Waals surface area contributed by atoms with Crippen LogP contribution < -0.4 is 5.73 Å². The van der Waals surface area contributed by atoms with Gasteiger partial charge in [-0.3, -0.25) is 19.4 Å². The van der Waals surface area contributed by atoms with E-state index in [2.05, 4.69) is 23.9 Å². The van der Waals surface area contributed by atoms with Gasteiger partial charge in [-0.2, -0.15) is 0 Å². The van der Waals surface area contributed by atoms with Gasteiger partial charge in [0.1, 0.15) is 12.2 Å². The SMILES string of the molecule is Cc1cc(C)n(C2=[N+](CCC(C)C)C3C(=O)N(CC(N)=O)C(=O)N(C)C3=N2)n1. The molecule has 28 heavy (non-hydrogen) atoms. The predicted molar refractivity (Wildman–Crippen MR) is 102 cm³/mol. The molecule has 0 aromatic carbocycles. The van der Waals surface area contributed by atoms with Gasteiger partial charge >= 0.3 is 12.0 Å². The van der Waals surface area contributed by atoms with Gasteiger partial charge in [-0.1, -0.05) is 18.8 Å². The molecule has 0 bridgehead atoms. The molecule has 0 radical (unpaired) electrons. The summed E-state index contributed by atoms with van der Waals surface area (Å²) in [6.07, 6.45) is 0.822. The van der Waals surface area contributed by atoms with Crippen LogP contribution in [0.1, 0.15) is 31.7 Å². The van der Waals surface area contributed by atoms with Crippen LogP contribution in [0, 0.1) is 19.8 Å². The zero-order valence-corrected chi connectivity index (χ0v) is 16.8. The highest BCUT2D eigenvalue weighted by molar-refractivity contribution is 6.23. The molecule has 4 amide bonds. The van der Waals surface area contributed by atoms with Crippen LogP contribution in [0.15, 0.2) is 11.1 Å². The van der Waals surface area contributed by atoms with Crippen molar-refractivity contribution in [3.05, 3.63) is 17.5 Å². The number of aryl methyl sites for hydroxylation is 2. The summed E-state index contributed by atoms with van der Waals surface area (Å²) in [5.41, 5.74) is 6.94. The third-order valence-corrected chi connectivity index (χ3v) is 4.85. The number of aromatic nitrogens is 2. The summed E-state index contributed by atoms with van der Waals surface area (Å²) < 4.78 is 3.54. The maximum Gasteiger partial charge on any atom is 0.421 e. The normalized spacial score (nSPS) is 19.6. The second-order valence-electron chi connectivity index (χ2n) is 7.62. The number of amides is 4. The van der Waals surface area contributed by atoms with E-state index in [1.54, 1.807) is 11.7 Å². The zero-order valence-electron chi connectivity index (χ0n) is 16.8. The number of primary amides is 1. The lowest BCUT2D eigenvalue weighted by atomic mass is 10.1. The summed E-state index contributed by atoms with van der Waals surface area (Å²) in [5.74, 6) is -0.00126. The average molecular weight is 388 g/mol. The van der Waals surface area contributed by atoms with Gasteiger partial charge in [0.2, 0.25) is 17.8 Å². The second-order valence-corrected chi connectivity index (χ2v) is 7.62. The van der Waals surface area contributed by atoms with Gasteiger partial charge in [-0.25, -0.2) is 9.37 Å². The van der Waals surface area contributed by atoms with Crippen molar-refractivity contribution in [3.8, 4) is 0 Å². The third kappa shape index (κ3) is 3.30. The topological polar surface area (TPSA) is 117 Å². The quantitative estimate of drug-likeness (QED) is 0.710. The Morgan fingerprint density at radius 2 is 2.00 bits per heavy atom. The molecule has 10 nitrogen and oxygen atoms in total. The Labute approximate surface area is 163 Å². The number of fused-ring (bicyclic) bond motifs is 1. The van der Waals surface area contributed by atoms with Gasteiger partial charge in [-0.15, -0.1) is 9.78 Å². The predicted octanol–water partition coefficient (Wildman–Crippen LogP) is -0.0774. The first kappa shape index (κ1) is 19.7. The van der Waals surface area contributed by atoms with Crippen LogP contribution in [-0.2, 0) is 9.59 Å². The van der Waals surface area contributed by atoms with E-state index in [-0.39, 0.29) is 0 Å². The molecule has 1 unspecified atom stereocenters. The Morgan fingerprint density at radius 3 is 2.54 bits per heavy atom. The fourth-order valence-corrected chi connectivity index (χ4v) is 3.43. The monoisotopic (exact) mass is 388 g/mol. The van der Waals surface area contributed by atoms with Gasteiger partial charge in [-0.05, 0) is 32.3 Å². The Morgan fingerprint density at radius 1 is 1.32 bits per heavy atom. The summed E-state index contributed by atoms with van der Waals surface area (Å²) in [4.78, 5) is 43.9. The first-order valence-corrected chi connectivity index (χ1v) is 9.25. The molecular weight excluding hydrogens is 362 g/mol. The van der Waals surface area contributed by atoms with E-state index in [1.165, 1.54) is 4.90 Å². The van der Waals surface area contributed by atoms with Gasteiger partial charge in [0.15, 0.2) is 0 Å². The van der Waals surface area contributed by atoms with Crippen LogP contribution in [0.2, 0.25) is 0 Å². The van der Waals surface area contributed by atoms with Crippen LogP contribution in [0.4, 0.5) is 4.79 Å². The number of nitrogens with two attached hydrogens (primary N) is 1. The lowest BCUT2D eigenvalue weighted by molar-refractivity contribution is -0.538. The molecule has 1 aromatic rings.